The highest BCUT2D eigenvalue weighted by Gasteiger charge is 2.21. The summed E-state index contributed by atoms with van der Waals surface area (Å²) in [6.07, 6.45) is 3.21. The predicted molar refractivity (Wildman–Crippen MR) is 101 cm³/mol. The van der Waals surface area contributed by atoms with E-state index < -0.39 is 0 Å². The maximum atomic E-state index is 5.49. The number of aromatic nitrogens is 2. The predicted octanol–water partition coefficient (Wildman–Crippen LogP) is 2.46. The molecule has 1 aromatic heterocycles. The van der Waals surface area contributed by atoms with E-state index in [2.05, 4.69) is 10.6 Å². The lowest BCUT2D eigenvalue weighted by atomic mass is 10.1. The SMILES string of the molecule is CCOCc1nc2c(c(NC3CCSC3)n1)CCNCC2.Cl.Cl. The second-order valence-corrected chi connectivity index (χ2v) is 6.66. The van der Waals surface area contributed by atoms with Gasteiger partial charge < -0.3 is 15.4 Å². The number of nitrogens with one attached hydrogen (secondary N) is 2. The minimum atomic E-state index is 0. The van der Waals surface area contributed by atoms with Crippen LogP contribution in [-0.2, 0) is 24.2 Å². The Morgan fingerprint density at radius 3 is 2.83 bits per heavy atom. The number of thioether (sulfide) groups is 1. The van der Waals surface area contributed by atoms with E-state index in [0.717, 1.165) is 37.6 Å². The minimum Gasteiger partial charge on any atom is -0.374 e. The highest BCUT2D eigenvalue weighted by molar-refractivity contribution is 7.99. The van der Waals surface area contributed by atoms with Crippen molar-refractivity contribution in [3.63, 3.8) is 0 Å². The first-order valence-corrected chi connectivity index (χ1v) is 9.03. The van der Waals surface area contributed by atoms with Crippen molar-refractivity contribution >= 4 is 42.4 Å². The molecule has 0 aromatic carbocycles. The Morgan fingerprint density at radius 1 is 1.26 bits per heavy atom. The summed E-state index contributed by atoms with van der Waals surface area (Å²) in [6, 6.07) is 0.546. The van der Waals surface area contributed by atoms with E-state index in [1.54, 1.807) is 0 Å². The Bertz CT molecular complexity index is 487. The lowest BCUT2D eigenvalue weighted by Gasteiger charge is -2.18. The zero-order valence-electron chi connectivity index (χ0n) is 13.5. The number of ether oxygens (including phenoxy) is 1. The average Bonchev–Trinajstić information content (AvgIpc) is 2.88. The van der Waals surface area contributed by atoms with E-state index in [4.69, 9.17) is 14.7 Å². The van der Waals surface area contributed by atoms with Gasteiger partial charge in [-0.2, -0.15) is 11.8 Å². The van der Waals surface area contributed by atoms with Crippen LogP contribution in [0.3, 0.4) is 0 Å². The summed E-state index contributed by atoms with van der Waals surface area (Å²) in [5.74, 6) is 4.28. The quantitative estimate of drug-likeness (QED) is 0.817. The van der Waals surface area contributed by atoms with Crippen LogP contribution in [0.4, 0.5) is 5.82 Å². The van der Waals surface area contributed by atoms with E-state index in [9.17, 15) is 0 Å². The zero-order valence-corrected chi connectivity index (χ0v) is 15.9. The van der Waals surface area contributed by atoms with Gasteiger partial charge in [0.1, 0.15) is 12.4 Å². The van der Waals surface area contributed by atoms with Crippen molar-refractivity contribution in [2.75, 3.05) is 36.5 Å². The van der Waals surface area contributed by atoms with Crippen molar-refractivity contribution < 1.29 is 4.74 Å². The summed E-state index contributed by atoms with van der Waals surface area (Å²) in [6.45, 7) is 5.21. The van der Waals surface area contributed by atoms with Gasteiger partial charge >= 0.3 is 0 Å². The topological polar surface area (TPSA) is 59.1 Å². The highest BCUT2D eigenvalue weighted by Crippen LogP contribution is 2.25. The number of nitrogens with zero attached hydrogens (tertiary/aromatic N) is 2. The number of anilines is 1. The molecular formula is C15H26Cl2N4OS. The van der Waals surface area contributed by atoms with Crippen LogP contribution >= 0.6 is 36.6 Å². The number of rotatable bonds is 5. The Labute approximate surface area is 155 Å². The second kappa shape index (κ2) is 10.6. The van der Waals surface area contributed by atoms with Crippen molar-refractivity contribution in [2.45, 2.75) is 38.8 Å². The van der Waals surface area contributed by atoms with Crippen LogP contribution in [0.5, 0.6) is 0 Å². The minimum absolute atomic E-state index is 0. The normalized spacial score (nSPS) is 20.0. The molecule has 5 nitrogen and oxygen atoms in total. The van der Waals surface area contributed by atoms with E-state index in [0.29, 0.717) is 19.3 Å². The summed E-state index contributed by atoms with van der Waals surface area (Å²) in [4.78, 5) is 9.47. The van der Waals surface area contributed by atoms with Crippen LogP contribution in [0.25, 0.3) is 0 Å². The van der Waals surface area contributed by atoms with Gasteiger partial charge in [-0.05, 0) is 32.1 Å². The molecule has 132 valence electrons. The summed E-state index contributed by atoms with van der Waals surface area (Å²) in [5, 5.41) is 7.11. The third kappa shape index (κ3) is 5.64. The number of hydrogen-bond acceptors (Lipinski definition) is 6. The number of halogens is 2. The molecule has 1 atom stereocenters. The van der Waals surface area contributed by atoms with Crippen LogP contribution in [0.2, 0.25) is 0 Å². The molecule has 0 amide bonds. The molecule has 1 aromatic rings. The van der Waals surface area contributed by atoms with Gasteiger partial charge in [0.25, 0.3) is 0 Å². The molecule has 3 rings (SSSR count). The van der Waals surface area contributed by atoms with Crippen molar-refractivity contribution in [2.24, 2.45) is 0 Å². The fourth-order valence-corrected chi connectivity index (χ4v) is 3.97. The molecule has 0 spiro atoms. The van der Waals surface area contributed by atoms with Crippen LogP contribution in [0, 0.1) is 0 Å². The molecule has 0 bridgehead atoms. The molecule has 23 heavy (non-hydrogen) atoms. The van der Waals surface area contributed by atoms with Crippen LogP contribution < -0.4 is 10.6 Å². The van der Waals surface area contributed by atoms with Gasteiger partial charge in [0.15, 0.2) is 5.82 Å². The molecule has 2 N–H and O–H groups in total. The molecule has 0 aliphatic carbocycles. The molecule has 0 saturated carbocycles. The average molecular weight is 381 g/mol. The maximum Gasteiger partial charge on any atom is 0.156 e. The summed E-state index contributed by atoms with van der Waals surface area (Å²) in [7, 11) is 0. The fraction of sp³-hybridized carbons (Fsp3) is 0.733. The third-order valence-electron chi connectivity index (χ3n) is 3.94. The summed E-state index contributed by atoms with van der Waals surface area (Å²) in [5.41, 5.74) is 2.50. The van der Waals surface area contributed by atoms with Gasteiger partial charge in [0.05, 0.1) is 5.69 Å². The van der Waals surface area contributed by atoms with Crippen LogP contribution in [0.1, 0.15) is 30.4 Å². The summed E-state index contributed by atoms with van der Waals surface area (Å²) >= 11 is 2.02. The highest BCUT2D eigenvalue weighted by atomic mass is 35.5. The second-order valence-electron chi connectivity index (χ2n) is 5.51. The molecule has 1 saturated heterocycles. The van der Waals surface area contributed by atoms with E-state index >= 15 is 0 Å². The molecule has 1 unspecified atom stereocenters. The van der Waals surface area contributed by atoms with Crippen molar-refractivity contribution in [3.05, 3.63) is 17.1 Å². The fourth-order valence-electron chi connectivity index (χ4n) is 2.82. The monoisotopic (exact) mass is 380 g/mol. The van der Waals surface area contributed by atoms with Gasteiger partial charge in [0, 0.05) is 36.9 Å². The van der Waals surface area contributed by atoms with Gasteiger partial charge in [0.2, 0.25) is 0 Å². The van der Waals surface area contributed by atoms with Crippen LogP contribution in [0.15, 0.2) is 0 Å². The molecule has 2 aliphatic heterocycles. The van der Waals surface area contributed by atoms with Crippen molar-refractivity contribution in [3.8, 4) is 0 Å². The molecule has 2 aliphatic rings. The largest absolute Gasteiger partial charge is 0.374 e. The van der Waals surface area contributed by atoms with Gasteiger partial charge in [-0.3, -0.25) is 0 Å². The van der Waals surface area contributed by atoms with Gasteiger partial charge in [-0.15, -0.1) is 24.8 Å². The maximum absolute atomic E-state index is 5.49. The Hall–Kier alpha value is -0.270. The smallest absolute Gasteiger partial charge is 0.156 e. The molecule has 8 heteroatoms. The van der Waals surface area contributed by atoms with Crippen LogP contribution in [-0.4, -0.2) is 47.2 Å². The molecule has 3 heterocycles. The molecule has 1 fully saturated rings. The lowest BCUT2D eigenvalue weighted by Crippen LogP contribution is -2.22. The number of hydrogen-bond donors (Lipinski definition) is 2. The lowest BCUT2D eigenvalue weighted by molar-refractivity contribution is 0.128. The summed E-state index contributed by atoms with van der Waals surface area (Å²) < 4.78 is 5.49. The van der Waals surface area contributed by atoms with E-state index in [-0.39, 0.29) is 24.8 Å². The Balaban J connectivity index is 0.00000132. The van der Waals surface area contributed by atoms with E-state index in [1.165, 1.54) is 29.2 Å². The van der Waals surface area contributed by atoms with Gasteiger partial charge in [-0.25, -0.2) is 9.97 Å². The Morgan fingerprint density at radius 2 is 2.09 bits per heavy atom. The zero-order chi connectivity index (χ0) is 14.5. The van der Waals surface area contributed by atoms with Crippen molar-refractivity contribution in [1.29, 1.82) is 0 Å². The molecule has 0 radical (unpaired) electrons. The first-order chi connectivity index (χ1) is 10.4. The first-order valence-electron chi connectivity index (χ1n) is 7.88. The Kier molecular flexibility index (Phi) is 9.54. The van der Waals surface area contributed by atoms with Gasteiger partial charge in [-0.1, -0.05) is 0 Å². The molecular weight excluding hydrogens is 355 g/mol. The first kappa shape index (κ1) is 20.8. The van der Waals surface area contributed by atoms with Crippen molar-refractivity contribution in [1.82, 2.24) is 15.3 Å². The third-order valence-corrected chi connectivity index (χ3v) is 5.10. The standard InChI is InChI=1S/C15H24N4OS.2ClH/c1-2-20-9-14-18-13-4-7-16-6-3-12(13)15(19-14)17-11-5-8-21-10-11;;/h11,16H,2-10H2,1H3,(H,17,18,19);2*1H. The van der Waals surface area contributed by atoms with E-state index in [1.807, 2.05) is 18.7 Å². The number of fused-ring (bicyclic) bond motifs is 1.